The smallest absolute Gasteiger partial charge is 0.274 e. The molecule has 4 rings (SSSR count). The molecule has 148 valence electrons. The molecule has 1 saturated heterocycles. The second-order valence-corrected chi connectivity index (χ2v) is 6.41. The lowest BCUT2D eigenvalue weighted by Gasteiger charge is -2.32. The molecule has 1 aliphatic heterocycles. The van der Waals surface area contributed by atoms with E-state index in [0.717, 1.165) is 6.41 Å². The third-order valence-corrected chi connectivity index (χ3v) is 4.66. The second-order valence-electron chi connectivity index (χ2n) is 6.41. The highest BCUT2D eigenvalue weighted by molar-refractivity contribution is 5.93. The Morgan fingerprint density at radius 3 is 2.55 bits per heavy atom. The van der Waals surface area contributed by atoms with Gasteiger partial charge in [-0.25, -0.2) is 4.68 Å². The Kier molecular flexibility index (Phi) is 5.14. The van der Waals surface area contributed by atoms with Crippen molar-refractivity contribution >= 4 is 12.3 Å². The van der Waals surface area contributed by atoms with Crippen LogP contribution in [-0.4, -0.2) is 80.4 Å². The number of ether oxygens (including phenoxy) is 1. The normalized spacial score (nSPS) is 14.0. The molecule has 29 heavy (non-hydrogen) atoms. The number of hydrogen-bond donors (Lipinski definition) is 0. The van der Waals surface area contributed by atoms with Gasteiger partial charge in [-0.1, -0.05) is 6.07 Å². The highest BCUT2D eigenvalue weighted by Crippen LogP contribution is 2.22. The van der Waals surface area contributed by atoms with E-state index >= 15 is 0 Å². The standard InChI is InChI=1S/C19H19N7O3/c1-29-18-6-5-17(21-22-18)26-16(14-4-2-3-7-20-14)12-15(23-26)19(28)25-10-8-24(13-27)9-11-25/h2-7,12-13H,8-11H2,1H3. The van der Waals surface area contributed by atoms with Gasteiger partial charge in [0.2, 0.25) is 12.3 Å². The predicted octanol–water partition coefficient (Wildman–Crippen LogP) is 0.647. The average Bonchev–Trinajstić information content (AvgIpc) is 3.25. The van der Waals surface area contributed by atoms with Gasteiger partial charge in [-0.3, -0.25) is 14.6 Å². The predicted molar refractivity (Wildman–Crippen MR) is 102 cm³/mol. The van der Waals surface area contributed by atoms with Crippen LogP contribution in [0, 0.1) is 0 Å². The number of rotatable bonds is 5. The second kappa shape index (κ2) is 8.05. The van der Waals surface area contributed by atoms with E-state index in [1.807, 2.05) is 18.2 Å². The number of piperazine rings is 1. The van der Waals surface area contributed by atoms with Crippen LogP contribution in [-0.2, 0) is 4.79 Å². The number of carbonyl (C=O) groups excluding carboxylic acids is 2. The summed E-state index contributed by atoms with van der Waals surface area (Å²) in [6.45, 7) is 1.94. The molecule has 0 unspecified atom stereocenters. The fourth-order valence-electron chi connectivity index (χ4n) is 3.08. The number of methoxy groups -OCH3 is 1. The number of pyridine rings is 1. The van der Waals surface area contributed by atoms with Gasteiger partial charge < -0.3 is 14.5 Å². The average molecular weight is 393 g/mol. The van der Waals surface area contributed by atoms with Crippen LogP contribution in [0.5, 0.6) is 5.88 Å². The van der Waals surface area contributed by atoms with E-state index in [0.29, 0.717) is 49.3 Å². The molecule has 10 heteroatoms. The number of hydrogen-bond acceptors (Lipinski definition) is 7. The van der Waals surface area contributed by atoms with Crippen LogP contribution < -0.4 is 4.74 Å². The van der Waals surface area contributed by atoms with E-state index in [2.05, 4.69) is 20.3 Å². The SMILES string of the molecule is COc1ccc(-n2nc(C(=O)N3CCN(C=O)CC3)cc2-c2ccccn2)nn1. The Morgan fingerprint density at radius 2 is 1.93 bits per heavy atom. The van der Waals surface area contributed by atoms with Gasteiger partial charge in [-0.05, 0) is 24.3 Å². The van der Waals surface area contributed by atoms with Gasteiger partial charge >= 0.3 is 0 Å². The van der Waals surface area contributed by atoms with Crippen LogP contribution in [0.15, 0.2) is 42.6 Å². The lowest BCUT2D eigenvalue weighted by Crippen LogP contribution is -2.48. The number of nitrogens with zero attached hydrogens (tertiary/aromatic N) is 7. The van der Waals surface area contributed by atoms with Crippen molar-refractivity contribution in [2.45, 2.75) is 0 Å². The zero-order valence-corrected chi connectivity index (χ0v) is 15.8. The molecule has 10 nitrogen and oxygen atoms in total. The molecule has 4 heterocycles. The minimum atomic E-state index is -0.201. The van der Waals surface area contributed by atoms with Crippen molar-refractivity contribution in [2.75, 3.05) is 33.3 Å². The first kappa shape index (κ1) is 18.5. The summed E-state index contributed by atoms with van der Waals surface area (Å²) >= 11 is 0. The molecule has 1 fully saturated rings. The molecule has 2 amide bonds. The lowest BCUT2D eigenvalue weighted by atomic mass is 10.2. The van der Waals surface area contributed by atoms with Crippen LogP contribution in [0.4, 0.5) is 0 Å². The van der Waals surface area contributed by atoms with Crippen LogP contribution in [0.2, 0.25) is 0 Å². The molecule has 0 radical (unpaired) electrons. The summed E-state index contributed by atoms with van der Waals surface area (Å²) in [5.74, 6) is 0.619. The first-order valence-electron chi connectivity index (χ1n) is 9.08. The molecular formula is C19H19N7O3. The Morgan fingerprint density at radius 1 is 1.10 bits per heavy atom. The van der Waals surface area contributed by atoms with E-state index < -0.39 is 0 Å². The number of amides is 2. The Balaban J connectivity index is 1.69. The molecule has 0 N–H and O–H groups in total. The molecule has 0 aromatic carbocycles. The van der Waals surface area contributed by atoms with Gasteiger partial charge in [0.1, 0.15) is 0 Å². The summed E-state index contributed by atoms with van der Waals surface area (Å²) in [6.07, 6.45) is 2.48. The van der Waals surface area contributed by atoms with Crippen molar-refractivity contribution < 1.29 is 14.3 Å². The fraction of sp³-hybridized carbons (Fsp3) is 0.263. The monoisotopic (exact) mass is 393 g/mol. The Bertz CT molecular complexity index is 996. The molecule has 3 aromatic rings. The summed E-state index contributed by atoms with van der Waals surface area (Å²) in [5, 5.41) is 12.6. The lowest BCUT2D eigenvalue weighted by molar-refractivity contribution is -0.119. The van der Waals surface area contributed by atoms with Crippen molar-refractivity contribution in [1.82, 2.24) is 34.8 Å². The quantitative estimate of drug-likeness (QED) is 0.586. The summed E-state index contributed by atoms with van der Waals surface area (Å²) in [5.41, 5.74) is 1.56. The zero-order chi connectivity index (χ0) is 20.2. The first-order chi connectivity index (χ1) is 14.2. The van der Waals surface area contributed by atoms with Gasteiger partial charge in [0.15, 0.2) is 11.5 Å². The maximum absolute atomic E-state index is 13.0. The molecule has 0 atom stereocenters. The molecule has 0 aliphatic carbocycles. The number of carbonyl (C=O) groups is 2. The van der Waals surface area contributed by atoms with E-state index in [9.17, 15) is 9.59 Å². The maximum Gasteiger partial charge on any atom is 0.274 e. The van der Waals surface area contributed by atoms with Gasteiger partial charge in [0.25, 0.3) is 5.91 Å². The molecule has 1 aliphatic rings. The van der Waals surface area contributed by atoms with E-state index in [1.54, 1.807) is 38.9 Å². The summed E-state index contributed by atoms with van der Waals surface area (Å²) in [6, 6.07) is 10.6. The Labute approximate surface area is 166 Å². The van der Waals surface area contributed by atoms with E-state index in [-0.39, 0.29) is 11.6 Å². The van der Waals surface area contributed by atoms with Crippen molar-refractivity contribution in [3.63, 3.8) is 0 Å². The van der Waals surface area contributed by atoms with Gasteiger partial charge in [-0.2, -0.15) is 5.10 Å². The summed E-state index contributed by atoms with van der Waals surface area (Å²) in [4.78, 5) is 31.6. The summed E-state index contributed by atoms with van der Waals surface area (Å²) < 4.78 is 6.60. The number of aromatic nitrogens is 5. The van der Waals surface area contributed by atoms with Crippen LogP contribution >= 0.6 is 0 Å². The maximum atomic E-state index is 13.0. The highest BCUT2D eigenvalue weighted by atomic mass is 16.5. The van der Waals surface area contributed by atoms with Crippen molar-refractivity contribution in [3.05, 3.63) is 48.3 Å². The molecular weight excluding hydrogens is 374 g/mol. The van der Waals surface area contributed by atoms with Crippen LogP contribution in [0.1, 0.15) is 10.5 Å². The highest BCUT2D eigenvalue weighted by Gasteiger charge is 2.25. The third-order valence-electron chi connectivity index (χ3n) is 4.66. The third kappa shape index (κ3) is 3.77. The minimum absolute atomic E-state index is 0.201. The van der Waals surface area contributed by atoms with Gasteiger partial charge in [0.05, 0.1) is 18.5 Å². The van der Waals surface area contributed by atoms with E-state index in [1.165, 1.54) is 7.11 Å². The van der Waals surface area contributed by atoms with Gasteiger partial charge in [-0.15, -0.1) is 10.2 Å². The van der Waals surface area contributed by atoms with E-state index in [4.69, 9.17) is 4.74 Å². The minimum Gasteiger partial charge on any atom is -0.480 e. The van der Waals surface area contributed by atoms with Crippen molar-refractivity contribution in [3.8, 4) is 23.1 Å². The Hall–Kier alpha value is -3.82. The molecule has 0 spiro atoms. The van der Waals surface area contributed by atoms with Crippen LogP contribution in [0.25, 0.3) is 17.2 Å². The van der Waals surface area contributed by atoms with Crippen molar-refractivity contribution in [2.24, 2.45) is 0 Å². The molecule has 0 bridgehead atoms. The van der Waals surface area contributed by atoms with Crippen LogP contribution in [0.3, 0.4) is 0 Å². The largest absolute Gasteiger partial charge is 0.480 e. The molecule has 0 saturated carbocycles. The topological polar surface area (TPSA) is 106 Å². The van der Waals surface area contributed by atoms with Gasteiger partial charge in [0, 0.05) is 38.4 Å². The zero-order valence-electron chi connectivity index (χ0n) is 15.8. The molecule has 3 aromatic heterocycles. The van der Waals surface area contributed by atoms with Crippen molar-refractivity contribution in [1.29, 1.82) is 0 Å². The summed E-state index contributed by atoms with van der Waals surface area (Å²) in [7, 11) is 1.51. The first-order valence-corrected chi connectivity index (χ1v) is 9.08. The fourth-order valence-corrected chi connectivity index (χ4v) is 3.08.